The standard InChI is InChI=1S/C22H38O5.Mg.2H/c1-3-4-5-12-15-20(23)16-13-10-8-6-7-9-11-14-17-21(24)27-18-19(2)22(25)26;;;/h10,13,18,20,23H,3-9,11-12,14-17H2,1-2H3,(H,25,26);;;/q;+2;2*-1/b13-10-,19-18?;;;/t20-;;;/m1.../s1. The Bertz CT molecular complexity index is 470. The molecule has 5 nitrogen and oxygen atoms in total. The zero-order chi connectivity index (χ0) is 20.3. The number of aliphatic carboxylic acids is 1. The van der Waals surface area contributed by atoms with Crippen molar-refractivity contribution < 1.29 is 27.4 Å². The van der Waals surface area contributed by atoms with Crippen LogP contribution < -0.4 is 0 Å². The average molecular weight is 409 g/mol. The quantitative estimate of drug-likeness (QED) is 0.0843. The smallest absolute Gasteiger partial charge is 1.00 e. The van der Waals surface area contributed by atoms with Gasteiger partial charge >= 0.3 is 35.0 Å². The van der Waals surface area contributed by atoms with Crippen LogP contribution in [0.1, 0.15) is 100 Å². The van der Waals surface area contributed by atoms with Crippen molar-refractivity contribution in [2.24, 2.45) is 0 Å². The van der Waals surface area contributed by atoms with Crippen LogP contribution in [0.2, 0.25) is 0 Å². The number of ether oxygens (including phenoxy) is 1. The predicted molar refractivity (Wildman–Crippen MR) is 116 cm³/mol. The van der Waals surface area contributed by atoms with Crippen LogP contribution in [0.15, 0.2) is 24.0 Å². The summed E-state index contributed by atoms with van der Waals surface area (Å²) in [5.74, 6) is -1.47. The zero-order valence-electron chi connectivity index (χ0n) is 19.8. The van der Waals surface area contributed by atoms with Crippen LogP contribution in [0.3, 0.4) is 0 Å². The predicted octanol–water partition coefficient (Wildman–Crippen LogP) is 5.37. The first-order valence-electron chi connectivity index (χ1n) is 10.4. The van der Waals surface area contributed by atoms with Crippen LogP contribution >= 0.6 is 0 Å². The molecule has 6 heteroatoms. The molecule has 1 atom stereocenters. The number of carbonyl (C=O) groups excluding carboxylic acids is 1. The number of aliphatic hydroxyl groups excluding tert-OH is 1. The molecule has 2 N–H and O–H groups in total. The second kappa shape index (κ2) is 20.9. The zero-order valence-corrected chi connectivity index (χ0v) is 19.2. The first-order chi connectivity index (χ1) is 13.0. The van der Waals surface area contributed by atoms with Crippen LogP contribution in [0.4, 0.5) is 0 Å². The number of unbranched alkanes of at least 4 members (excludes halogenated alkanes) is 8. The van der Waals surface area contributed by atoms with Gasteiger partial charge in [-0.05, 0) is 39.0 Å². The number of carboxylic acids is 1. The Labute approximate surface area is 189 Å². The molecule has 0 bridgehead atoms. The van der Waals surface area contributed by atoms with Gasteiger partial charge in [0.2, 0.25) is 0 Å². The summed E-state index contributed by atoms with van der Waals surface area (Å²) in [4.78, 5) is 22.0. The molecule has 0 spiro atoms. The summed E-state index contributed by atoms with van der Waals surface area (Å²) in [6, 6.07) is 0. The third-order valence-electron chi connectivity index (χ3n) is 4.42. The average Bonchev–Trinajstić information content (AvgIpc) is 2.64. The van der Waals surface area contributed by atoms with Crippen molar-refractivity contribution in [1.82, 2.24) is 0 Å². The van der Waals surface area contributed by atoms with Gasteiger partial charge < -0.3 is 17.8 Å². The van der Waals surface area contributed by atoms with Crippen molar-refractivity contribution in [3.63, 3.8) is 0 Å². The van der Waals surface area contributed by atoms with E-state index in [1.165, 1.54) is 26.2 Å². The fourth-order valence-corrected chi connectivity index (χ4v) is 2.62. The Hall–Kier alpha value is -0.854. The first-order valence-corrected chi connectivity index (χ1v) is 10.4. The van der Waals surface area contributed by atoms with E-state index >= 15 is 0 Å². The molecule has 0 radical (unpaired) electrons. The van der Waals surface area contributed by atoms with Crippen LogP contribution in [0.25, 0.3) is 0 Å². The number of hydrogen-bond acceptors (Lipinski definition) is 4. The molecule has 0 aliphatic carbocycles. The van der Waals surface area contributed by atoms with Gasteiger partial charge in [0.25, 0.3) is 0 Å². The van der Waals surface area contributed by atoms with Gasteiger partial charge in [-0.2, -0.15) is 0 Å². The van der Waals surface area contributed by atoms with Gasteiger partial charge in [0, 0.05) is 6.42 Å². The third kappa shape index (κ3) is 19.9. The normalized spacial score (nSPS) is 12.6. The Balaban J connectivity index is -0.00000113. The Kier molecular flexibility index (Phi) is 21.9. The number of carbonyl (C=O) groups is 2. The van der Waals surface area contributed by atoms with E-state index in [1.807, 2.05) is 0 Å². The van der Waals surface area contributed by atoms with Gasteiger partial charge in [-0.25, -0.2) is 4.79 Å². The second-order valence-corrected chi connectivity index (χ2v) is 7.11. The van der Waals surface area contributed by atoms with Crippen LogP contribution in [0.5, 0.6) is 0 Å². The SMILES string of the molecule is CCCCCC[C@@H](O)C/C=C\CCCCCCCC(=O)OC=C(C)C(=O)O.[H-].[H-].[Mg+2]. The maximum Gasteiger partial charge on any atom is 2.00 e. The number of hydrogen-bond donors (Lipinski definition) is 2. The van der Waals surface area contributed by atoms with Crippen molar-refractivity contribution in [3.05, 3.63) is 24.0 Å². The van der Waals surface area contributed by atoms with E-state index in [9.17, 15) is 14.7 Å². The summed E-state index contributed by atoms with van der Waals surface area (Å²) >= 11 is 0. The van der Waals surface area contributed by atoms with E-state index in [2.05, 4.69) is 19.1 Å². The molecular weight excluding hydrogens is 369 g/mol. The first kappa shape index (κ1) is 29.3. The van der Waals surface area contributed by atoms with Crippen LogP contribution in [-0.2, 0) is 14.3 Å². The van der Waals surface area contributed by atoms with Crippen LogP contribution in [-0.4, -0.2) is 51.3 Å². The van der Waals surface area contributed by atoms with Crippen molar-refractivity contribution in [1.29, 1.82) is 0 Å². The summed E-state index contributed by atoms with van der Waals surface area (Å²) in [5, 5.41) is 18.5. The van der Waals surface area contributed by atoms with Crippen molar-refractivity contribution in [2.75, 3.05) is 0 Å². The molecule has 0 aromatic rings. The molecule has 0 aromatic heterocycles. The molecule has 0 saturated heterocycles. The van der Waals surface area contributed by atoms with Gasteiger partial charge in [0.1, 0.15) is 6.26 Å². The molecule has 0 aromatic carbocycles. The number of aliphatic hydroxyl groups is 1. The maximum absolute atomic E-state index is 11.4. The molecule has 28 heavy (non-hydrogen) atoms. The fourth-order valence-electron chi connectivity index (χ4n) is 2.62. The fraction of sp³-hybridized carbons (Fsp3) is 0.727. The molecule has 0 heterocycles. The van der Waals surface area contributed by atoms with Crippen molar-refractivity contribution in [3.8, 4) is 0 Å². The summed E-state index contributed by atoms with van der Waals surface area (Å²) in [6.45, 7) is 3.58. The molecule has 0 fully saturated rings. The maximum atomic E-state index is 11.4. The molecular formula is C22H40MgO5. The Morgan fingerprint density at radius 3 is 2.32 bits per heavy atom. The second-order valence-electron chi connectivity index (χ2n) is 7.11. The van der Waals surface area contributed by atoms with Gasteiger partial charge in [-0.1, -0.05) is 64.0 Å². The van der Waals surface area contributed by atoms with Gasteiger partial charge in [-0.15, -0.1) is 0 Å². The van der Waals surface area contributed by atoms with E-state index in [0.717, 1.165) is 64.0 Å². The van der Waals surface area contributed by atoms with E-state index in [0.29, 0.717) is 6.42 Å². The monoisotopic (exact) mass is 408 g/mol. The van der Waals surface area contributed by atoms with Gasteiger partial charge in [0.05, 0.1) is 11.7 Å². The van der Waals surface area contributed by atoms with Crippen LogP contribution in [0, 0.1) is 0 Å². The topological polar surface area (TPSA) is 83.8 Å². The van der Waals surface area contributed by atoms with Gasteiger partial charge in [0.15, 0.2) is 0 Å². The minimum atomic E-state index is -1.08. The number of allylic oxidation sites excluding steroid dienone is 1. The molecule has 0 rings (SSSR count). The Morgan fingerprint density at radius 1 is 1.00 bits per heavy atom. The summed E-state index contributed by atoms with van der Waals surface area (Å²) in [6.07, 6.45) is 17.9. The number of esters is 1. The number of carboxylic acid groups (broad SMARTS) is 1. The van der Waals surface area contributed by atoms with E-state index in [-0.39, 0.29) is 43.6 Å². The molecule has 160 valence electrons. The summed E-state index contributed by atoms with van der Waals surface area (Å²) in [7, 11) is 0. The minimum absolute atomic E-state index is 0. The largest absolute Gasteiger partial charge is 2.00 e. The summed E-state index contributed by atoms with van der Waals surface area (Å²) in [5.41, 5.74) is 0.0143. The molecule has 0 aliphatic rings. The van der Waals surface area contributed by atoms with E-state index < -0.39 is 5.97 Å². The minimum Gasteiger partial charge on any atom is -1.00 e. The van der Waals surface area contributed by atoms with Crippen molar-refractivity contribution in [2.45, 2.75) is 103 Å². The summed E-state index contributed by atoms with van der Waals surface area (Å²) < 4.78 is 4.78. The molecule has 0 saturated carbocycles. The molecule has 0 unspecified atom stereocenters. The molecule has 0 amide bonds. The molecule has 0 aliphatic heterocycles. The Morgan fingerprint density at radius 2 is 1.64 bits per heavy atom. The number of rotatable bonds is 17. The third-order valence-corrected chi connectivity index (χ3v) is 4.42. The van der Waals surface area contributed by atoms with E-state index in [1.54, 1.807) is 0 Å². The van der Waals surface area contributed by atoms with E-state index in [4.69, 9.17) is 9.84 Å². The van der Waals surface area contributed by atoms with Crippen molar-refractivity contribution >= 4 is 35.0 Å². The van der Waals surface area contributed by atoms with Gasteiger partial charge in [-0.3, -0.25) is 4.79 Å².